The van der Waals surface area contributed by atoms with E-state index in [2.05, 4.69) is 27.5 Å². The highest BCUT2D eigenvalue weighted by Gasteiger charge is 2.23. The lowest BCUT2D eigenvalue weighted by atomic mass is 9.86. The molecule has 0 saturated heterocycles. The summed E-state index contributed by atoms with van der Waals surface area (Å²) in [7, 11) is 1.64. The van der Waals surface area contributed by atoms with Gasteiger partial charge < -0.3 is 15.4 Å². The van der Waals surface area contributed by atoms with E-state index >= 15 is 0 Å². The number of Topliss-reactive ketones (excluding diaryl/α,β-unsaturated/α-hetero) is 1. The van der Waals surface area contributed by atoms with Crippen LogP contribution in [0.4, 0.5) is 20.4 Å². The maximum atomic E-state index is 12.6. The lowest BCUT2D eigenvalue weighted by Gasteiger charge is -2.20. The Kier molecular flexibility index (Phi) is 12.8. The van der Waals surface area contributed by atoms with E-state index in [1.807, 2.05) is 0 Å². The number of carbonyl (C=O) groups is 2. The van der Waals surface area contributed by atoms with Crippen LogP contribution in [-0.2, 0) is 18.4 Å². The average molecular weight is 655 g/mol. The highest BCUT2D eigenvalue weighted by molar-refractivity contribution is 6.39. The number of pyridine rings is 1. The van der Waals surface area contributed by atoms with E-state index in [0.29, 0.717) is 27.4 Å². The monoisotopic (exact) mass is 653 g/mol. The van der Waals surface area contributed by atoms with Gasteiger partial charge in [-0.1, -0.05) is 102 Å². The molecule has 1 fully saturated rings. The summed E-state index contributed by atoms with van der Waals surface area (Å²) in [6, 6.07) is 4.78. The van der Waals surface area contributed by atoms with Crippen molar-refractivity contribution in [1.29, 1.82) is 0 Å². The number of aryl methyl sites for hydroxylation is 1. The topological polar surface area (TPSA) is 98.1 Å². The van der Waals surface area contributed by atoms with Crippen molar-refractivity contribution in [2.75, 3.05) is 11.9 Å². The zero-order valence-corrected chi connectivity index (χ0v) is 27.8. The van der Waals surface area contributed by atoms with Gasteiger partial charge in [0.25, 0.3) is 6.43 Å². The number of ether oxygens (including phenoxy) is 1. The molecule has 0 aliphatic heterocycles. The second-order valence-corrected chi connectivity index (χ2v) is 13.0. The van der Waals surface area contributed by atoms with Crippen molar-refractivity contribution >= 4 is 57.7 Å². The lowest BCUT2D eigenvalue weighted by Crippen LogP contribution is -2.34. The van der Waals surface area contributed by atoms with E-state index in [1.165, 1.54) is 57.9 Å². The zero-order valence-electron chi connectivity index (χ0n) is 26.3. The molecule has 2 aromatic heterocycles. The van der Waals surface area contributed by atoms with Crippen LogP contribution in [0.1, 0.15) is 95.5 Å². The van der Waals surface area contributed by atoms with Gasteiger partial charge in [-0.05, 0) is 30.5 Å². The second kappa shape index (κ2) is 15.8. The van der Waals surface area contributed by atoms with Gasteiger partial charge in [0, 0.05) is 19.0 Å². The molecule has 0 radical (unpaired) electrons. The molecule has 12 heteroatoms. The average Bonchev–Trinajstić information content (AvgIpc) is 3.27. The number of hydrogen-bond acceptors (Lipinski definition) is 6. The van der Waals surface area contributed by atoms with Crippen LogP contribution in [0.2, 0.25) is 10.0 Å². The van der Waals surface area contributed by atoms with Crippen molar-refractivity contribution in [2.24, 2.45) is 18.4 Å². The zero-order chi connectivity index (χ0) is 32.6. The van der Waals surface area contributed by atoms with Gasteiger partial charge in [0.1, 0.15) is 5.52 Å². The van der Waals surface area contributed by atoms with Crippen LogP contribution < -0.4 is 15.4 Å². The number of hydrogen-bond donors (Lipinski definition) is 2. The Hall–Kier alpha value is -2.98. The van der Waals surface area contributed by atoms with Gasteiger partial charge in [-0.2, -0.15) is 4.98 Å². The van der Waals surface area contributed by atoms with E-state index in [0.717, 1.165) is 5.92 Å². The van der Waals surface area contributed by atoms with Crippen molar-refractivity contribution in [2.45, 2.75) is 92.5 Å². The molecule has 44 heavy (non-hydrogen) atoms. The SMILES string of the molecule is CC(=O)c1cc2nc(Nc3c(Cl)ccc(CNC(=O)C(C)(C)C)c3Cl)n(C)c2nc1OCC(F)F.CCCC1CCCCC1. The Morgan fingerprint density at radius 2 is 1.82 bits per heavy atom. The largest absolute Gasteiger partial charge is 0.471 e. The van der Waals surface area contributed by atoms with Gasteiger partial charge in [0.15, 0.2) is 18.0 Å². The van der Waals surface area contributed by atoms with Crippen LogP contribution >= 0.6 is 23.2 Å². The van der Waals surface area contributed by atoms with Crippen LogP contribution in [0, 0.1) is 11.3 Å². The Morgan fingerprint density at radius 1 is 1.14 bits per heavy atom. The van der Waals surface area contributed by atoms with Gasteiger partial charge >= 0.3 is 0 Å². The first-order valence-corrected chi connectivity index (χ1v) is 15.8. The Morgan fingerprint density at radius 3 is 2.41 bits per heavy atom. The number of halogens is 4. The van der Waals surface area contributed by atoms with Gasteiger partial charge in [0.05, 0.1) is 21.3 Å². The van der Waals surface area contributed by atoms with Crippen LogP contribution in [0.3, 0.4) is 0 Å². The van der Waals surface area contributed by atoms with E-state index in [4.69, 9.17) is 27.9 Å². The standard InChI is InChI=1S/C23H25Cl2F2N5O3.C9H18/c1-11(33)13-8-15-19(31-20(13)35-10-16(26)27)32(5)22(29-15)30-18-14(24)7-6-12(17(18)25)9-28-21(34)23(2,3)4;1-2-6-9-7-4-3-5-8-9/h6-8,16H,9-10H2,1-5H3,(H,28,34)(H,29,30);9H,2-8H2,1H3. The maximum Gasteiger partial charge on any atom is 0.272 e. The molecule has 0 spiro atoms. The Balaban J connectivity index is 0.000000502. The molecule has 1 aliphatic carbocycles. The minimum atomic E-state index is -2.72. The van der Waals surface area contributed by atoms with E-state index in [9.17, 15) is 18.4 Å². The predicted octanol–water partition coefficient (Wildman–Crippen LogP) is 8.89. The van der Waals surface area contributed by atoms with Crippen molar-refractivity contribution in [3.8, 4) is 5.88 Å². The third-order valence-electron chi connectivity index (χ3n) is 7.49. The Bertz CT molecular complexity index is 1450. The summed E-state index contributed by atoms with van der Waals surface area (Å²) in [6.07, 6.45) is 7.71. The molecule has 2 heterocycles. The molecular formula is C32H43Cl2F2N5O3. The molecule has 0 atom stereocenters. The first-order chi connectivity index (χ1) is 20.7. The number of alkyl halides is 2. The molecule has 1 amide bonds. The summed E-state index contributed by atoms with van der Waals surface area (Å²) in [5.41, 5.74) is 1.10. The first-order valence-electron chi connectivity index (χ1n) is 15.0. The van der Waals surface area contributed by atoms with Crippen molar-refractivity contribution < 1.29 is 23.1 Å². The molecule has 0 bridgehead atoms. The smallest absolute Gasteiger partial charge is 0.272 e. The highest BCUT2D eigenvalue weighted by atomic mass is 35.5. The number of fused-ring (bicyclic) bond motifs is 1. The molecule has 8 nitrogen and oxygen atoms in total. The summed E-state index contributed by atoms with van der Waals surface area (Å²) in [4.78, 5) is 32.9. The number of amides is 1. The highest BCUT2D eigenvalue weighted by Crippen LogP contribution is 2.36. The number of benzene rings is 1. The molecule has 4 rings (SSSR count). The molecule has 3 aromatic rings. The number of carbonyl (C=O) groups excluding carboxylic acids is 2. The van der Waals surface area contributed by atoms with Crippen LogP contribution in [0.25, 0.3) is 11.2 Å². The van der Waals surface area contributed by atoms with Crippen LogP contribution in [-0.4, -0.2) is 39.3 Å². The van der Waals surface area contributed by atoms with E-state index < -0.39 is 24.2 Å². The normalized spacial score (nSPS) is 13.9. The fourth-order valence-electron chi connectivity index (χ4n) is 4.99. The molecule has 1 saturated carbocycles. The van der Waals surface area contributed by atoms with Gasteiger partial charge in [-0.25, -0.2) is 13.8 Å². The molecule has 2 N–H and O–H groups in total. The predicted molar refractivity (Wildman–Crippen MR) is 173 cm³/mol. The quantitative estimate of drug-likeness (QED) is 0.212. The lowest BCUT2D eigenvalue weighted by molar-refractivity contribution is -0.128. The molecule has 0 unspecified atom stereocenters. The third kappa shape index (κ3) is 9.51. The minimum Gasteiger partial charge on any atom is -0.471 e. The molecule has 1 aromatic carbocycles. The minimum absolute atomic E-state index is 0.0375. The summed E-state index contributed by atoms with van der Waals surface area (Å²) in [5.74, 6) is 0.648. The van der Waals surface area contributed by atoms with Gasteiger partial charge in [-0.15, -0.1) is 0 Å². The molecule has 242 valence electrons. The van der Waals surface area contributed by atoms with Crippen LogP contribution in [0.5, 0.6) is 5.88 Å². The molecule has 1 aliphatic rings. The van der Waals surface area contributed by atoms with Crippen LogP contribution in [0.15, 0.2) is 18.2 Å². The Labute approximate surface area is 268 Å². The second-order valence-electron chi connectivity index (χ2n) is 12.2. The van der Waals surface area contributed by atoms with Crippen molar-refractivity contribution in [3.05, 3.63) is 39.4 Å². The van der Waals surface area contributed by atoms with Gasteiger partial charge in [0.2, 0.25) is 17.7 Å². The number of nitrogens with zero attached hydrogens (tertiary/aromatic N) is 3. The van der Waals surface area contributed by atoms with E-state index in [-0.39, 0.29) is 34.9 Å². The third-order valence-corrected chi connectivity index (χ3v) is 8.23. The number of anilines is 2. The number of rotatable bonds is 10. The van der Waals surface area contributed by atoms with Crippen molar-refractivity contribution in [1.82, 2.24) is 19.9 Å². The summed E-state index contributed by atoms with van der Waals surface area (Å²) in [6.45, 7) is 8.29. The fourth-order valence-corrected chi connectivity index (χ4v) is 5.53. The fraction of sp³-hybridized carbons (Fsp3) is 0.562. The number of nitrogens with one attached hydrogen (secondary N) is 2. The first kappa shape index (κ1) is 35.5. The number of imidazole rings is 1. The summed E-state index contributed by atoms with van der Waals surface area (Å²) >= 11 is 13.0. The summed E-state index contributed by atoms with van der Waals surface area (Å²) < 4.78 is 31.9. The maximum absolute atomic E-state index is 12.6. The van der Waals surface area contributed by atoms with E-state index in [1.54, 1.807) is 44.5 Å². The molecular weight excluding hydrogens is 611 g/mol. The van der Waals surface area contributed by atoms with Crippen molar-refractivity contribution in [3.63, 3.8) is 0 Å². The van der Waals surface area contributed by atoms with Gasteiger partial charge in [-0.3, -0.25) is 14.2 Å². The summed E-state index contributed by atoms with van der Waals surface area (Å²) in [5, 5.41) is 6.51. The number of aromatic nitrogens is 3. The number of ketones is 1.